The van der Waals surface area contributed by atoms with Gasteiger partial charge in [0.1, 0.15) is 0 Å². The second-order valence-electron chi connectivity index (χ2n) is 2.92. The van der Waals surface area contributed by atoms with Crippen LogP contribution in [0.15, 0.2) is 12.2 Å². The maximum absolute atomic E-state index is 5.37. The summed E-state index contributed by atoms with van der Waals surface area (Å²) in [6, 6.07) is 0. The van der Waals surface area contributed by atoms with Crippen LogP contribution in [-0.4, -0.2) is 12.7 Å². The van der Waals surface area contributed by atoms with Crippen LogP contribution in [0.25, 0.3) is 0 Å². The van der Waals surface area contributed by atoms with Crippen molar-refractivity contribution in [3.8, 4) is 0 Å². The molecule has 0 saturated carbocycles. The molecule has 1 nitrogen and oxygen atoms in total. The van der Waals surface area contributed by atoms with Crippen molar-refractivity contribution < 1.29 is 4.74 Å². The quantitative estimate of drug-likeness (QED) is 0.488. The Kier molecular flexibility index (Phi) is 1.91. The largest absolute Gasteiger partial charge is 0.378 e. The standard InChI is InChI=1S/C8H14O/c1-6(2)8-4-7(3)9-5-8/h7-8H,1,4-5H2,2-3H3. The fourth-order valence-corrected chi connectivity index (χ4v) is 1.16. The summed E-state index contributed by atoms with van der Waals surface area (Å²) in [5, 5.41) is 0. The zero-order chi connectivity index (χ0) is 6.85. The van der Waals surface area contributed by atoms with E-state index in [0.29, 0.717) is 12.0 Å². The van der Waals surface area contributed by atoms with E-state index in [4.69, 9.17) is 4.74 Å². The molecular formula is C8H14O. The molecule has 0 amide bonds. The van der Waals surface area contributed by atoms with Crippen LogP contribution >= 0.6 is 0 Å². The van der Waals surface area contributed by atoms with Crippen molar-refractivity contribution in [3.63, 3.8) is 0 Å². The second kappa shape index (κ2) is 2.53. The average molecular weight is 126 g/mol. The van der Waals surface area contributed by atoms with Crippen LogP contribution in [0.5, 0.6) is 0 Å². The first kappa shape index (κ1) is 6.81. The Bertz CT molecular complexity index is 118. The summed E-state index contributed by atoms with van der Waals surface area (Å²) in [4.78, 5) is 0. The molecule has 1 fully saturated rings. The Labute approximate surface area is 56.7 Å². The third-order valence-electron chi connectivity index (χ3n) is 1.90. The molecule has 0 bridgehead atoms. The third-order valence-corrected chi connectivity index (χ3v) is 1.90. The van der Waals surface area contributed by atoms with Gasteiger partial charge in [-0.25, -0.2) is 0 Å². The molecule has 0 aromatic heterocycles. The Morgan fingerprint density at radius 1 is 1.67 bits per heavy atom. The summed E-state index contributed by atoms with van der Waals surface area (Å²) in [5.41, 5.74) is 1.26. The lowest BCUT2D eigenvalue weighted by molar-refractivity contribution is 0.122. The zero-order valence-electron chi connectivity index (χ0n) is 6.18. The van der Waals surface area contributed by atoms with E-state index in [1.807, 2.05) is 0 Å². The highest BCUT2D eigenvalue weighted by molar-refractivity contribution is 4.98. The minimum Gasteiger partial charge on any atom is -0.378 e. The predicted octanol–water partition coefficient (Wildman–Crippen LogP) is 1.99. The van der Waals surface area contributed by atoms with E-state index < -0.39 is 0 Å². The molecule has 0 spiro atoms. The van der Waals surface area contributed by atoms with Gasteiger partial charge in [-0.1, -0.05) is 12.2 Å². The number of hydrogen-bond acceptors (Lipinski definition) is 1. The van der Waals surface area contributed by atoms with Gasteiger partial charge < -0.3 is 4.74 Å². The van der Waals surface area contributed by atoms with Crippen LogP contribution < -0.4 is 0 Å². The van der Waals surface area contributed by atoms with Crippen molar-refractivity contribution in [2.75, 3.05) is 6.61 Å². The molecule has 0 aromatic carbocycles. The van der Waals surface area contributed by atoms with Gasteiger partial charge in [0.15, 0.2) is 0 Å². The normalized spacial score (nSPS) is 34.9. The molecule has 0 aliphatic carbocycles. The highest BCUT2D eigenvalue weighted by Gasteiger charge is 2.21. The monoisotopic (exact) mass is 126 g/mol. The van der Waals surface area contributed by atoms with E-state index in [-0.39, 0.29) is 0 Å². The van der Waals surface area contributed by atoms with E-state index in [1.165, 1.54) is 5.57 Å². The predicted molar refractivity (Wildman–Crippen MR) is 38.3 cm³/mol. The molecule has 52 valence electrons. The first-order chi connectivity index (χ1) is 4.20. The van der Waals surface area contributed by atoms with Gasteiger partial charge in [0.25, 0.3) is 0 Å². The SMILES string of the molecule is C=C(C)C1COC(C)C1. The van der Waals surface area contributed by atoms with Gasteiger partial charge in [0.2, 0.25) is 0 Å². The van der Waals surface area contributed by atoms with Crippen molar-refractivity contribution in [1.82, 2.24) is 0 Å². The Morgan fingerprint density at radius 3 is 2.56 bits per heavy atom. The van der Waals surface area contributed by atoms with Gasteiger partial charge in [-0.15, -0.1) is 0 Å². The number of hydrogen-bond donors (Lipinski definition) is 0. The first-order valence-corrected chi connectivity index (χ1v) is 3.47. The van der Waals surface area contributed by atoms with Crippen LogP contribution in [0.3, 0.4) is 0 Å². The highest BCUT2D eigenvalue weighted by Crippen LogP contribution is 2.23. The summed E-state index contributed by atoms with van der Waals surface area (Å²) < 4.78 is 5.37. The van der Waals surface area contributed by atoms with Crippen LogP contribution in [-0.2, 0) is 4.74 Å². The van der Waals surface area contributed by atoms with Crippen molar-refractivity contribution in [3.05, 3.63) is 12.2 Å². The van der Waals surface area contributed by atoms with Crippen LogP contribution in [0.1, 0.15) is 20.3 Å². The van der Waals surface area contributed by atoms with Crippen molar-refractivity contribution >= 4 is 0 Å². The zero-order valence-corrected chi connectivity index (χ0v) is 6.18. The molecule has 0 aromatic rings. The number of rotatable bonds is 1. The molecule has 2 atom stereocenters. The van der Waals surface area contributed by atoms with Crippen molar-refractivity contribution in [1.29, 1.82) is 0 Å². The lowest BCUT2D eigenvalue weighted by atomic mass is 10.00. The third kappa shape index (κ3) is 1.55. The minimum atomic E-state index is 0.451. The Balaban J connectivity index is 2.39. The molecule has 1 heterocycles. The summed E-state index contributed by atoms with van der Waals surface area (Å²) in [7, 11) is 0. The molecule has 0 radical (unpaired) electrons. The molecule has 1 aliphatic heterocycles. The first-order valence-electron chi connectivity index (χ1n) is 3.47. The van der Waals surface area contributed by atoms with E-state index in [9.17, 15) is 0 Å². The van der Waals surface area contributed by atoms with E-state index in [0.717, 1.165) is 13.0 Å². The summed E-state index contributed by atoms with van der Waals surface area (Å²) in [6.45, 7) is 8.97. The van der Waals surface area contributed by atoms with E-state index >= 15 is 0 Å². The lowest BCUT2D eigenvalue weighted by Gasteiger charge is -2.03. The van der Waals surface area contributed by atoms with E-state index in [2.05, 4.69) is 20.4 Å². The van der Waals surface area contributed by atoms with Gasteiger partial charge in [-0.05, 0) is 20.3 Å². The lowest BCUT2D eigenvalue weighted by Crippen LogP contribution is -1.99. The minimum absolute atomic E-state index is 0.451. The van der Waals surface area contributed by atoms with Crippen LogP contribution in [0.2, 0.25) is 0 Å². The van der Waals surface area contributed by atoms with Gasteiger partial charge in [0, 0.05) is 5.92 Å². The summed E-state index contributed by atoms with van der Waals surface area (Å²) in [6.07, 6.45) is 1.61. The molecule has 1 saturated heterocycles. The molecule has 9 heavy (non-hydrogen) atoms. The fourth-order valence-electron chi connectivity index (χ4n) is 1.16. The van der Waals surface area contributed by atoms with Gasteiger partial charge in [0.05, 0.1) is 12.7 Å². The molecule has 1 heteroatoms. The topological polar surface area (TPSA) is 9.23 Å². The Morgan fingerprint density at radius 2 is 2.33 bits per heavy atom. The fraction of sp³-hybridized carbons (Fsp3) is 0.750. The van der Waals surface area contributed by atoms with E-state index in [1.54, 1.807) is 0 Å². The molecule has 0 N–H and O–H groups in total. The molecule has 2 unspecified atom stereocenters. The van der Waals surface area contributed by atoms with Crippen LogP contribution in [0.4, 0.5) is 0 Å². The summed E-state index contributed by atoms with van der Waals surface area (Å²) >= 11 is 0. The average Bonchev–Trinajstić information content (AvgIpc) is 2.14. The highest BCUT2D eigenvalue weighted by atomic mass is 16.5. The molecular weight excluding hydrogens is 112 g/mol. The smallest absolute Gasteiger partial charge is 0.0553 e. The maximum atomic E-state index is 5.37. The Hall–Kier alpha value is -0.300. The second-order valence-corrected chi connectivity index (χ2v) is 2.92. The summed E-state index contributed by atoms with van der Waals surface area (Å²) in [5.74, 6) is 0.625. The maximum Gasteiger partial charge on any atom is 0.0553 e. The van der Waals surface area contributed by atoms with Gasteiger partial charge >= 0.3 is 0 Å². The van der Waals surface area contributed by atoms with Crippen molar-refractivity contribution in [2.24, 2.45) is 5.92 Å². The van der Waals surface area contributed by atoms with Gasteiger partial charge in [-0.2, -0.15) is 0 Å². The van der Waals surface area contributed by atoms with Crippen LogP contribution in [0, 0.1) is 5.92 Å². The number of ether oxygens (including phenoxy) is 1. The molecule has 1 aliphatic rings. The molecule has 1 rings (SSSR count). The van der Waals surface area contributed by atoms with Crippen molar-refractivity contribution in [2.45, 2.75) is 26.4 Å². The van der Waals surface area contributed by atoms with Gasteiger partial charge in [-0.3, -0.25) is 0 Å².